The molecule has 65 valence electrons. The lowest BCUT2D eigenvalue weighted by Gasteiger charge is -2.24. The van der Waals surface area contributed by atoms with Crippen molar-refractivity contribution >= 4 is 9.84 Å². The van der Waals surface area contributed by atoms with Crippen molar-refractivity contribution in [2.24, 2.45) is 5.92 Å². The van der Waals surface area contributed by atoms with Gasteiger partial charge in [0.25, 0.3) is 0 Å². The SMILES string of the molecule is [CH2]C1CCCC(S(C)(=O)=O)C1. The Bertz CT molecular complexity index is 218. The summed E-state index contributed by atoms with van der Waals surface area (Å²) >= 11 is 0. The number of hydrogen-bond donors (Lipinski definition) is 0. The first-order valence-electron chi connectivity index (χ1n) is 4.02. The summed E-state index contributed by atoms with van der Waals surface area (Å²) in [5.41, 5.74) is 0. The van der Waals surface area contributed by atoms with E-state index in [1.165, 1.54) is 6.26 Å². The van der Waals surface area contributed by atoms with Crippen LogP contribution >= 0.6 is 0 Å². The minimum absolute atomic E-state index is 0.112. The largest absolute Gasteiger partial charge is 0.229 e. The molecule has 2 unspecified atom stereocenters. The molecule has 0 aromatic carbocycles. The molecule has 0 amide bonds. The van der Waals surface area contributed by atoms with Crippen LogP contribution in [0, 0.1) is 12.8 Å². The second-order valence-electron chi connectivity index (χ2n) is 3.48. The van der Waals surface area contributed by atoms with Crippen LogP contribution in [-0.4, -0.2) is 19.9 Å². The van der Waals surface area contributed by atoms with E-state index in [2.05, 4.69) is 6.92 Å². The van der Waals surface area contributed by atoms with E-state index in [1.54, 1.807) is 0 Å². The molecular weight excluding hydrogens is 160 g/mol. The van der Waals surface area contributed by atoms with Crippen molar-refractivity contribution in [2.45, 2.75) is 30.9 Å². The Morgan fingerprint density at radius 2 is 2.00 bits per heavy atom. The predicted octanol–water partition coefficient (Wildman–Crippen LogP) is 1.42. The van der Waals surface area contributed by atoms with Crippen LogP contribution in [0.3, 0.4) is 0 Å². The molecule has 1 aliphatic rings. The Hall–Kier alpha value is -0.0500. The van der Waals surface area contributed by atoms with Gasteiger partial charge in [0.05, 0.1) is 5.25 Å². The molecule has 1 radical (unpaired) electrons. The lowest BCUT2D eigenvalue weighted by Crippen LogP contribution is -2.26. The fraction of sp³-hybridized carbons (Fsp3) is 0.875. The van der Waals surface area contributed by atoms with Crippen molar-refractivity contribution in [3.63, 3.8) is 0 Å². The molecule has 1 fully saturated rings. The van der Waals surface area contributed by atoms with E-state index in [1.807, 2.05) is 0 Å². The van der Waals surface area contributed by atoms with Gasteiger partial charge in [-0.05, 0) is 18.8 Å². The summed E-state index contributed by atoms with van der Waals surface area (Å²) in [5, 5.41) is -0.112. The van der Waals surface area contributed by atoms with Gasteiger partial charge < -0.3 is 0 Å². The van der Waals surface area contributed by atoms with Crippen LogP contribution in [0.5, 0.6) is 0 Å². The normalized spacial score (nSPS) is 33.6. The fourth-order valence-electron chi connectivity index (χ4n) is 1.63. The fourth-order valence-corrected chi connectivity index (χ4v) is 2.85. The van der Waals surface area contributed by atoms with Gasteiger partial charge in [-0.2, -0.15) is 0 Å². The molecule has 2 nitrogen and oxygen atoms in total. The van der Waals surface area contributed by atoms with Gasteiger partial charge in [0.2, 0.25) is 0 Å². The predicted molar refractivity (Wildman–Crippen MR) is 45.9 cm³/mol. The molecule has 0 saturated heterocycles. The lowest BCUT2D eigenvalue weighted by molar-refractivity contribution is 0.412. The van der Waals surface area contributed by atoms with E-state index in [0.717, 1.165) is 25.7 Å². The first-order valence-corrected chi connectivity index (χ1v) is 5.97. The number of sulfone groups is 1. The second kappa shape index (κ2) is 3.13. The van der Waals surface area contributed by atoms with Gasteiger partial charge in [-0.25, -0.2) is 8.42 Å². The zero-order valence-corrected chi connectivity index (χ0v) is 7.73. The highest BCUT2D eigenvalue weighted by atomic mass is 32.2. The van der Waals surface area contributed by atoms with Crippen LogP contribution < -0.4 is 0 Å². The van der Waals surface area contributed by atoms with E-state index in [-0.39, 0.29) is 5.25 Å². The number of rotatable bonds is 1. The van der Waals surface area contributed by atoms with Crippen LogP contribution in [-0.2, 0) is 9.84 Å². The average molecular weight is 175 g/mol. The molecule has 1 aliphatic carbocycles. The number of hydrogen-bond acceptors (Lipinski definition) is 2. The minimum Gasteiger partial charge on any atom is -0.229 e. The molecule has 0 bridgehead atoms. The maximum atomic E-state index is 11.1. The highest BCUT2D eigenvalue weighted by Crippen LogP contribution is 2.27. The van der Waals surface area contributed by atoms with Crippen molar-refractivity contribution in [3.8, 4) is 0 Å². The van der Waals surface area contributed by atoms with Crippen LogP contribution in [0.1, 0.15) is 25.7 Å². The maximum Gasteiger partial charge on any atom is 0.150 e. The summed E-state index contributed by atoms with van der Waals surface area (Å²) in [5.74, 6) is 0.350. The van der Waals surface area contributed by atoms with Crippen LogP contribution in [0.25, 0.3) is 0 Å². The van der Waals surface area contributed by atoms with Gasteiger partial charge in [0, 0.05) is 6.26 Å². The first kappa shape index (κ1) is 9.04. The summed E-state index contributed by atoms with van der Waals surface area (Å²) in [7, 11) is -2.80. The van der Waals surface area contributed by atoms with Gasteiger partial charge >= 0.3 is 0 Å². The van der Waals surface area contributed by atoms with E-state index in [0.29, 0.717) is 5.92 Å². The highest BCUT2D eigenvalue weighted by molar-refractivity contribution is 7.91. The molecule has 0 aromatic heterocycles. The van der Waals surface area contributed by atoms with Crippen LogP contribution in [0.15, 0.2) is 0 Å². The highest BCUT2D eigenvalue weighted by Gasteiger charge is 2.26. The molecule has 3 heteroatoms. The third kappa shape index (κ3) is 2.47. The van der Waals surface area contributed by atoms with Crippen molar-refractivity contribution in [3.05, 3.63) is 6.92 Å². The van der Waals surface area contributed by atoms with Gasteiger partial charge in [0.15, 0.2) is 0 Å². The van der Waals surface area contributed by atoms with E-state index >= 15 is 0 Å². The summed E-state index contributed by atoms with van der Waals surface area (Å²) in [6.45, 7) is 3.90. The van der Waals surface area contributed by atoms with Crippen molar-refractivity contribution < 1.29 is 8.42 Å². The Kier molecular flexibility index (Phi) is 2.58. The summed E-state index contributed by atoms with van der Waals surface area (Å²) in [4.78, 5) is 0. The van der Waals surface area contributed by atoms with Crippen LogP contribution in [0.4, 0.5) is 0 Å². The van der Waals surface area contributed by atoms with Gasteiger partial charge in [-0.1, -0.05) is 19.8 Å². The zero-order chi connectivity index (χ0) is 8.48. The average Bonchev–Trinajstić information content (AvgIpc) is 1.86. The second-order valence-corrected chi connectivity index (χ2v) is 5.81. The van der Waals surface area contributed by atoms with E-state index in [9.17, 15) is 8.42 Å². The molecule has 0 heterocycles. The van der Waals surface area contributed by atoms with E-state index in [4.69, 9.17) is 0 Å². The molecule has 0 aromatic rings. The summed E-state index contributed by atoms with van der Waals surface area (Å²) < 4.78 is 22.2. The Balaban J connectivity index is 2.60. The molecule has 1 rings (SSSR count). The van der Waals surface area contributed by atoms with E-state index < -0.39 is 9.84 Å². The lowest BCUT2D eigenvalue weighted by atomic mass is 9.91. The quantitative estimate of drug-likeness (QED) is 0.604. The van der Waals surface area contributed by atoms with Crippen LogP contribution in [0.2, 0.25) is 0 Å². The monoisotopic (exact) mass is 175 g/mol. The van der Waals surface area contributed by atoms with Gasteiger partial charge in [-0.15, -0.1) is 0 Å². The zero-order valence-electron chi connectivity index (χ0n) is 6.91. The minimum atomic E-state index is -2.80. The third-order valence-corrected chi connectivity index (χ3v) is 3.98. The van der Waals surface area contributed by atoms with Gasteiger partial charge in [-0.3, -0.25) is 0 Å². The first-order chi connectivity index (χ1) is 5.00. The molecule has 11 heavy (non-hydrogen) atoms. The third-order valence-electron chi connectivity index (χ3n) is 2.34. The molecule has 0 aliphatic heterocycles. The standard InChI is InChI=1S/C8H15O2S/c1-7-4-3-5-8(6-7)11(2,9)10/h7-8H,1,3-6H2,2H3. The Labute approximate surface area is 68.9 Å². The topological polar surface area (TPSA) is 34.1 Å². The Morgan fingerprint density at radius 1 is 1.36 bits per heavy atom. The van der Waals surface area contributed by atoms with Crippen molar-refractivity contribution in [2.75, 3.05) is 6.26 Å². The maximum absolute atomic E-state index is 11.1. The van der Waals surface area contributed by atoms with Gasteiger partial charge in [0.1, 0.15) is 9.84 Å². The summed E-state index contributed by atoms with van der Waals surface area (Å²) in [6, 6.07) is 0. The van der Waals surface area contributed by atoms with Crippen molar-refractivity contribution in [1.82, 2.24) is 0 Å². The molecule has 1 saturated carbocycles. The summed E-state index contributed by atoms with van der Waals surface area (Å²) in [6.07, 6.45) is 5.04. The molecular formula is C8H15O2S. The molecule has 2 atom stereocenters. The Morgan fingerprint density at radius 3 is 2.36 bits per heavy atom. The van der Waals surface area contributed by atoms with Crippen molar-refractivity contribution in [1.29, 1.82) is 0 Å². The molecule has 0 spiro atoms. The smallest absolute Gasteiger partial charge is 0.150 e. The molecule has 0 N–H and O–H groups in total.